The number of rotatable bonds is 1. The van der Waals surface area contributed by atoms with Crippen LogP contribution >= 0.6 is 0 Å². The summed E-state index contributed by atoms with van der Waals surface area (Å²) >= 11 is 0. The highest BCUT2D eigenvalue weighted by atomic mass is 14.7. The Bertz CT molecular complexity index is 613. The highest BCUT2D eigenvalue weighted by molar-refractivity contribution is 5.38. The van der Waals surface area contributed by atoms with Crippen LogP contribution in [0.2, 0.25) is 0 Å². The molecule has 1 aliphatic rings. The third-order valence-electron chi connectivity index (χ3n) is 4.44. The molecule has 1 aromatic carbocycles. The zero-order valence-electron chi connectivity index (χ0n) is 12.0. The van der Waals surface area contributed by atoms with Crippen molar-refractivity contribution in [1.82, 2.24) is 4.98 Å². The molecule has 0 bridgehead atoms. The summed E-state index contributed by atoms with van der Waals surface area (Å²) in [6, 6.07) is 8.96. The van der Waals surface area contributed by atoms with Gasteiger partial charge in [0.25, 0.3) is 0 Å². The standard InChI is InChI=1S/C18H21N/c1-12-4-5-13(2)17(10-12)15-6-7-16-14(3)8-9-19-18(16)11-15/h4-5,8-10,15H,6-7,11H2,1-3H3. The molecule has 19 heavy (non-hydrogen) atoms. The Balaban J connectivity index is 1.96. The van der Waals surface area contributed by atoms with E-state index in [0.29, 0.717) is 5.92 Å². The first-order chi connectivity index (χ1) is 9.15. The van der Waals surface area contributed by atoms with Crippen molar-refractivity contribution in [3.8, 4) is 0 Å². The molecule has 2 aromatic rings. The molecule has 98 valence electrons. The molecule has 0 radical (unpaired) electrons. The molecule has 1 aliphatic carbocycles. The van der Waals surface area contributed by atoms with Crippen LogP contribution in [0.5, 0.6) is 0 Å². The van der Waals surface area contributed by atoms with Crippen molar-refractivity contribution < 1.29 is 0 Å². The van der Waals surface area contributed by atoms with Gasteiger partial charge in [0.2, 0.25) is 0 Å². The van der Waals surface area contributed by atoms with E-state index >= 15 is 0 Å². The fraction of sp³-hybridized carbons (Fsp3) is 0.389. The van der Waals surface area contributed by atoms with E-state index in [1.165, 1.54) is 46.4 Å². The van der Waals surface area contributed by atoms with Gasteiger partial charge in [-0.05, 0) is 74.3 Å². The summed E-state index contributed by atoms with van der Waals surface area (Å²) in [4.78, 5) is 4.61. The number of nitrogens with zero attached hydrogens (tertiary/aromatic N) is 1. The lowest BCUT2D eigenvalue weighted by Crippen LogP contribution is -2.16. The normalized spacial score (nSPS) is 18.2. The molecular weight excluding hydrogens is 230 g/mol. The van der Waals surface area contributed by atoms with Gasteiger partial charge in [-0.15, -0.1) is 0 Å². The van der Waals surface area contributed by atoms with Gasteiger partial charge in [0.15, 0.2) is 0 Å². The molecule has 3 rings (SSSR count). The van der Waals surface area contributed by atoms with Gasteiger partial charge in [-0.25, -0.2) is 0 Å². The molecule has 1 heterocycles. The number of aryl methyl sites for hydroxylation is 3. The van der Waals surface area contributed by atoms with Gasteiger partial charge in [-0.1, -0.05) is 23.8 Å². The van der Waals surface area contributed by atoms with Crippen molar-refractivity contribution in [2.24, 2.45) is 0 Å². The summed E-state index contributed by atoms with van der Waals surface area (Å²) in [6.45, 7) is 6.62. The Hall–Kier alpha value is -1.63. The van der Waals surface area contributed by atoms with Crippen LogP contribution in [0.4, 0.5) is 0 Å². The minimum atomic E-state index is 0.640. The summed E-state index contributed by atoms with van der Waals surface area (Å²) in [7, 11) is 0. The topological polar surface area (TPSA) is 12.9 Å². The summed E-state index contributed by atoms with van der Waals surface area (Å²) in [5, 5.41) is 0. The van der Waals surface area contributed by atoms with E-state index in [1.807, 2.05) is 6.20 Å². The van der Waals surface area contributed by atoms with Crippen molar-refractivity contribution in [2.75, 3.05) is 0 Å². The SMILES string of the molecule is Cc1ccc(C)c(C2CCc3c(C)ccnc3C2)c1. The van der Waals surface area contributed by atoms with Crippen molar-refractivity contribution in [3.63, 3.8) is 0 Å². The zero-order chi connectivity index (χ0) is 13.4. The highest BCUT2D eigenvalue weighted by Gasteiger charge is 2.23. The summed E-state index contributed by atoms with van der Waals surface area (Å²) in [5.41, 5.74) is 8.52. The average molecular weight is 251 g/mol. The van der Waals surface area contributed by atoms with E-state index < -0.39 is 0 Å². The minimum absolute atomic E-state index is 0.640. The lowest BCUT2D eigenvalue weighted by Gasteiger charge is -2.26. The maximum atomic E-state index is 4.61. The van der Waals surface area contributed by atoms with Crippen molar-refractivity contribution in [2.45, 2.75) is 46.0 Å². The first-order valence-electron chi connectivity index (χ1n) is 7.15. The van der Waals surface area contributed by atoms with Crippen LogP contribution in [0.1, 0.15) is 45.8 Å². The van der Waals surface area contributed by atoms with Crippen LogP contribution in [0.15, 0.2) is 30.5 Å². The molecule has 1 unspecified atom stereocenters. The number of aromatic nitrogens is 1. The van der Waals surface area contributed by atoms with E-state index in [1.54, 1.807) is 0 Å². The fourth-order valence-corrected chi connectivity index (χ4v) is 3.28. The first kappa shape index (κ1) is 12.4. The maximum absolute atomic E-state index is 4.61. The highest BCUT2D eigenvalue weighted by Crippen LogP contribution is 2.34. The van der Waals surface area contributed by atoms with E-state index in [0.717, 1.165) is 6.42 Å². The Morgan fingerprint density at radius 2 is 1.89 bits per heavy atom. The first-order valence-corrected chi connectivity index (χ1v) is 7.15. The Labute approximate surface area is 115 Å². The van der Waals surface area contributed by atoms with Gasteiger partial charge < -0.3 is 0 Å². The number of hydrogen-bond acceptors (Lipinski definition) is 1. The summed E-state index contributed by atoms with van der Waals surface area (Å²) < 4.78 is 0. The molecule has 0 saturated heterocycles. The van der Waals surface area contributed by atoms with Crippen LogP contribution < -0.4 is 0 Å². The van der Waals surface area contributed by atoms with Gasteiger partial charge >= 0.3 is 0 Å². The van der Waals surface area contributed by atoms with Gasteiger partial charge in [-0.3, -0.25) is 4.98 Å². The zero-order valence-corrected chi connectivity index (χ0v) is 12.0. The van der Waals surface area contributed by atoms with E-state index in [-0.39, 0.29) is 0 Å². The molecule has 1 nitrogen and oxygen atoms in total. The predicted octanol–water partition coefficient (Wildman–Crippen LogP) is 4.28. The average Bonchev–Trinajstić information content (AvgIpc) is 2.41. The van der Waals surface area contributed by atoms with E-state index in [4.69, 9.17) is 0 Å². The Morgan fingerprint density at radius 3 is 2.74 bits per heavy atom. The number of benzene rings is 1. The number of pyridine rings is 1. The van der Waals surface area contributed by atoms with Crippen molar-refractivity contribution >= 4 is 0 Å². The van der Waals surface area contributed by atoms with Gasteiger partial charge in [0.05, 0.1) is 0 Å². The van der Waals surface area contributed by atoms with Crippen molar-refractivity contribution in [3.05, 3.63) is 64.0 Å². The molecule has 0 N–H and O–H groups in total. The summed E-state index contributed by atoms with van der Waals surface area (Å²) in [5.74, 6) is 0.640. The quantitative estimate of drug-likeness (QED) is 0.737. The van der Waals surface area contributed by atoms with Crippen LogP contribution in [0.25, 0.3) is 0 Å². The molecule has 1 atom stereocenters. The molecule has 1 aromatic heterocycles. The number of hydrogen-bond donors (Lipinski definition) is 0. The third kappa shape index (κ3) is 2.30. The number of fused-ring (bicyclic) bond motifs is 1. The second-order valence-corrected chi connectivity index (χ2v) is 5.85. The van der Waals surface area contributed by atoms with Gasteiger partial charge in [0, 0.05) is 11.9 Å². The van der Waals surface area contributed by atoms with Crippen LogP contribution in [-0.2, 0) is 12.8 Å². The fourth-order valence-electron chi connectivity index (χ4n) is 3.28. The molecule has 0 spiro atoms. The molecule has 0 aliphatic heterocycles. The smallest absolute Gasteiger partial charge is 0.0444 e. The molecule has 0 saturated carbocycles. The molecule has 1 heteroatoms. The molecule has 0 amide bonds. The second kappa shape index (κ2) is 4.80. The largest absolute Gasteiger partial charge is 0.261 e. The molecule has 0 fully saturated rings. The van der Waals surface area contributed by atoms with Crippen LogP contribution in [-0.4, -0.2) is 4.98 Å². The van der Waals surface area contributed by atoms with Crippen LogP contribution in [0, 0.1) is 20.8 Å². The van der Waals surface area contributed by atoms with Gasteiger partial charge in [0.1, 0.15) is 0 Å². The van der Waals surface area contributed by atoms with Crippen LogP contribution in [0.3, 0.4) is 0 Å². The Morgan fingerprint density at radius 1 is 1.05 bits per heavy atom. The molecular formula is C18H21N. The summed E-state index contributed by atoms with van der Waals surface area (Å²) in [6.07, 6.45) is 5.48. The minimum Gasteiger partial charge on any atom is -0.261 e. The van der Waals surface area contributed by atoms with E-state index in [9.17, 15) is 0 Å². The van der Waals surface area contributed by atoms with Crippen molar-refractivity contribution in [1.29, 1.82) is 0 Å². The predicted molar refractivity (Wildman–Crippen MR) is 79.7 cm³/mol. The van der Waals surface area contributed by atoms with E-state index in [2.05, 4.69) is 50.0 Å². The third-order valence-corrected chi connectivity index (χ3v) is 4.44. The maximum Gasteiger partial charge on any atom is 0.0444 e. The Kier molecular flexibility index (Phi) is 3.14. The lowest BCUT2D eigenvalue weighted by atomic mass is 9.79. The van der Waals surface area contributed by atoms with Gasteiger partial charge in [-0.2, -0.15) is 0 Å². The monoisotopic (exact) mass is 251 g/mol. The lowest BCUT2D eigenvalue weighted by molar-refractivity contribution is 0.568. The second-order valence-electron chi connectivity index (χ2n) is 5.85.